The summed E-state index contributed by atoms with van der Waals surface area (Å²) in [5.41, 5.74) is 1.11. The first-order valence-corrected chi connectivity index (χ1v) is 9.30. The van der Waals surface area contributed by atoms with Crippen LogP contribution in [0.2, 0.25) is 0 Å². The van der Waals surface area contributed by atoms with Crippen molar-refractivity contribution in [2.45, 2.75) is 45.6 Å². The first-order valence-electron chi connectivity index (χ1n) is 9.30. The van der Waals surface area contributed by atoms with Gasteiger partial charge in [-0.3, -0.25) is 4.90 Å². The third-order valence-corrected chi connectivity index (χ3v) is 4.63. The van der Waals surface area contributed by atoms with Crippen LogP contribution in [0.15, 0.2) is 41.0 Å². The van der Waals surface area contributed by atoms with Gasteiger partial charge in [-0.1, -0.05) is 13.0 Å². The minimum absolute atomic E-state index is 0.263. The number of hydrogen-bond donors (Lipinski definition) is 1. The van der Waals surface area contributed by atoms with Gasteiger partial charge >= 0.3 is 0 Å². The van der Waals surface area contributed by atoms with Gasteiger partial charge in [-0.05, 0) is 43.2 Å². The van der Waals surface area contributed by atoms with Crippen molar-refractivity contribution in [2.75, 3.05) is 27.4 Å². The van der Waals surface area contributed by atoms with E-state index in [0.717, 1.165) is 17.7 Å². The zero-order valence-corrected chi connectivity index (χ0v) is 16.7. The highest BCUT2D eigenvalue weighted by Gasteiger charge is 2.18. The van der Waals surface area contributed by atoms with Crippen molar-refractivity contribution >= 4 is 0 Å². The molecule has 0 unspecified atom stereocenters. The van der Waals surface area contributed by atoms with Crippen LogP contribution < -0.4 is 9.47 Å². The summed E-state index contributed by atoms with van der Waals surface area (Å²) < 4.78 is 21.5. The largest absolute Gasteiger partial charge is 0.493 e. The SMILES string of the molecule is CC[C@H](C)N(Cc1ccc(OC)c(OC)c1)C[C@H](O)COCc1ccco1. The van der Waals surface area contributed by atoms with E-state index < -0.39 is 6.10 Å². The van der Waals surface area contributed by atoms with Crippen molar-refractivity contribution in [2.24, 2.45) is 0 Å². The molecule has 2 rings (SSSR count). The highest BCUT2D eigenvalue weighted by molar-refractivity contribution is 5.42. The minimum Gasteiger partial charge on any atom is -0.493 e. The lowest BCUT2D eigenvalue weighted by atomic mass is 10.1. The molecule has 0 bridgehead atoms. The molecule has 1 heterocycles. The van der Waals surface area contributed by atoms with Gasteiger partial charge in [0.25, 0.3) is 0 Å². The molecule has 2 atom stereocenters. The lowest BCUT2D eigenvalue weighted by Crippen LogP contribution is -2.39. The Kier molecular flexibility index (Phi) is 8.64. The van der Waals surface area contributed by atoms with Gasteiger partial charge in [-0.15, -0.1) is 0 Å². The number of hydrogen-bond acceptors (Lipinski definition) is 6. The number of methoxy groups -OCH3 is 2. The average Bonchev–Trinajstić information content (AvgIpc) is 3.20. The predicted octanol–water partition coefficient (Wildman–Crippen LogP) is 3.48. The second-order valence-corrected chi connectivity index (χ2v) is 6.62. The van der Waals surface area contributed by atoms with Crippen LogP contribution in [0.25, 0.3) is 0 Å². The normalized spacial score (nSPS) is 13.6. The van der Waals surface area contributed by atoms with Crippen LogP contribution in [0.4, 0.5) is 0 Å². The number of aliphatic hydroxyl groups is 1. The molecule has 1 aromatic heterocycles. The fourth-order valence-electron chi connectivity index (χ4n) is 2.89. The molecule has 6 nitrogen and oxygen atoms in total. The van der Waals surface area contributed by atoms with Crippen molar-refractivity contribution in [3.63, 3.8) is 0 Å². The van der Waals surface area contributed by atoms with Crippen LogP contribution in [0.3, 0.4) is 0 Å². The van der Waals surface area contributed by atoms with E-state index in [1.807, 2.05) is 30.3 Å². The molecule has 6 heteroatoms. The Morgan fingerprint density at radius 3 is 2.56 bits per heavy atom. The highest BCUT2D eigenvalue weighted by Crippen LogP contribution is 2.28. The summed E-state index contributed by atoms with van der Waals surface area (Å²) in [6.07, 6.45) is 2.03. The first-order chi connectivity index (χ1) is 13.1. The van der Waals surface area contributed by atoms with Gasteiger partial charge in [0.2, 0.25) is 0 Å². The Morgan fingerprint density at radius 2 is 1.93 bits per heavy atom. The van der Waals surface area contributed by atoms with Crippen molar-refractivity contribution in [1.82, 2.24) is 4.90 Å². The Balaban J connectivity index is 1.93. The standard InChI is InChI=1S/C21H31NO5/c1-5-16(2)22(12-17-8-9-20(24-3)21(11-17)25-4)13-18(23)14-26-15-19-7-6-10-27-19/h6-11,16,18,23H,5,12-15H2,1-4H3/t16-,18-/m0/s1. The van der Waals surface area contributed by atoms with Gasteiger partial charge in [0.1, 0.15) is 12.4 Å². The maximum Gasteiger partial charge on any atom is 0.161 e. The summed E-state index contributed by atoms with van der Waals surface area (Å²) in [7, 11) is 3.26. The summed E-state index contributed by atoms with van der Waals surface area (Å²) in [5.74, 6) is 2.18. The van der Waals surface area contributed by atoms with Gasteiger partial charge in [-0.2, -0.15) is 0 Å². The Morgan fingerprint density at radius 1 is 1.15 bits per heavy atom. The van der Waals surface area contributed by atoms with E-state index in [4.69, 9.17) is 18.6 Å². The van der Waals surface area contributed by atoms with Crippen LogP contribution in [0.1, 0.15) is 31.6 Å². The van der Waals surface area contributed by atoms with Crippen LogP contribution in [-0.2, 0) is 17.9 Å². The van der Waals surface area contributed by atoms with Gasteiger partial charge in [0, 0.05) is 19.1 Å². The molecule has 0 aliphatic carbocycles. The molecule has 0 aliphatic heterocycles. The Hall–Kier alpha value is -2.02. The van der Waals surface area contributed by atoms with E-state index in [-0.39, 0.29) is 6.61 Å². The van der Waals surface area contributed by atoms with Crippen molar-refractivity contribution in [3.05, 3.63) is 47.9 Å². The van der Waals surface area contributed by atoms with Gasteiger partial charge in [0.15, 0.2) is 11.5 Å². The number of nitrogens with zero attached hydrogens (tertiary/aromatic N) is 1. The summed E-state index contributed by atoms with van der Waals surface area (Å²) in [6, 6.07) is 9.92. The van der Waals surface area contributed by atoms with E-state index in [2.05, 4.69) is 18.7 Å². The van der Waals surface area contributed by atoms with Crippen LogP contribution in [0, 0.1) is 0 Å². The molecule has 0 saturated heterocycles. The van der Waals surface area contributed by atoms with E-state index in [9.17, 15) is 5.11 Å². The smallest absolute Gasteiger partial charge is 0.161 e. The lowest BCUT2D eigenvalue weighted by molar-refractivity contribution is -0.00272. The van der Waals surface area contributed by atoms with E-state index in [1.165, 1.54) is 0 Å². The molecular formula is C21H31NO5. The van der Waals surface area contributed by atoms with E-state index >= 15 is 0 Å². The van der Waals surface area contributed by atoms with Crippen molar-refractivity contribution in [1.29, 1.82) is 0 Å². The maximum atomic E-state index is 10.4. The van der Waals surface area contributed by atoms with Gasteiger partial charge in [-0.25, -0.2) is 0 Å². The molecule has 27 heavy (non-hydrogen) atoms. The number of furan rings is 1. The summed E-state index contributed by atoms with van der Waals surface area (Å²) in [4.78, 5) is 2.25. The zero-order chi connectivity index (χ0) is 19.6. The molecule has 0 radical (unpaired) electrons. The number of benzene rings is 1. The molecule has 1 aromatic carbocycles. The van der Waals surface area contributed by atoms with Crippen molar-refractivity contribution < 1.29 is 23.7 Å². The zero-order valence-electron chi connectivity index (χ0n) is 16.7. The topological polar surface area (TPSA) is 64.3 Å². The van der Waals surface area contributed by atoms with Crippen LogP contribution in [0.5, 0.6) is 11.5 Å². The molecule has 0 fully saturated rings. The van der Waals surface area contributed by atoms with Crippen LogP contribution >= 0.6 is 0 Å². The fourth-order valence-corrected chi connectivity index (χ4v) is 2.89. The molecular weight excluding hydrogens is 346 g/mol. The van der Waals surface area contributed by atoms with Crippen molar-refractivity contribution in [3.8, 4) is 11.5 Å². The maximum absolute atomic E-state index is 10.4. The monoisotopic (exact) mass is 377 g/mol. The average molecular weight is 377 g/mol. The third kappa shape index (κ3) is 6.57. The number of aliphatic hydroxyl groups excluding tert-OH is 1. The predicted molar refractivity (Wildman–Crippen MR) is 104 cm³/mol. The van der Waals surface area contributed by atoms with E-state index in [0.29, 0.717) is 37.2 Å². The molecule has 0 amide bonds. The minimum atomic E-state index is -0.575. The fraction of sp³-hybridized carbons (Fsp3) is 0.524. The molecule has 2 aromatic rings. The van der Waals surface area contributed by atoms with Gasteiger partial charge in [0.05, 0.1) is 33.2 Å². The Labute approximate surface area is 161 Å². The lowest BCUT2D eigenvalue weighted by Gasteiger charge is -2.30. The molecule has 0 spiro atoms. The molecule has 0 aliphatic rings. The Bertz CT molecular complexity index is 659. The number of ether oxygens (including phenoxy) is 3. The first kappa shape index (κ1) is 21.3. The van der Waals surface area contributed by atoms with Crippen LogP contribution in [-0.4, -0.2) is 49.5 Å². The van der Waals surface area contributed by atoms with Gasteiger partial charge < -0.3 is 23.7 Å². The summed E-state index contributed by atoms with van der Waals surface area (Å²) >= 11 is 0. The third-order valence-electron chi connectivity index (χ3n) is 4.63. The summed E-state index contributed by atoms with van der Waals surface area (Å²) in [6.45, 7) is 6.18. The second-order valence-electron chi connectivity index (χ2n) is 6.62. The second kappa shape index (κ2) is 11.0. The van der Waals surface area contributed by atoms with E-state index in [1.54, 1.807) is 20.5 Å². The summed E-state index contributed by atoms with van der Waals surface area (Å²) in [5, 5.41) is 10.4. The quantitative estimate of drug-likeness (QED) is 0.611. The molecule has 1 N–H and O–H groups in total. The highest BCUT2D eigenvalue weighted by atomic mass is 16.5. The molecule has 150 valence electrons. The number of rotatable bonds is 12. The molecule has 0 saturated carbocycles.